The number of para-hydroxylation sites is 1. The topological polar surface area (TPSA) is 60.7 Å². The fourth-order valence-corrected chi connectivity index (χ4v) is 3.16. The van der Waals surface area contributed by atoms with E-state index in [4.69, 9.17) is 0 Å². The van der Waals surface area contributed by atoms with Crippen molar-refractivity contribution in [3.63, 3.8) is 0 Å². The summed E-state index contributed by atoms with van der Waals surface area (Å²) in [7, 11) is -5.81. The molecule has 0 saturated carbocycles. The molecule has 0 radical (unpaired) electrons. The highest BCUT2D eigenvalue weighted by Gasteiger charge is 2.49. The number of alkyl halides is 3. The van der Waals surface area contributed by atoms with Gasteiger partial charge in [-0.25, -0.2) is 4.98 Å². The first-order chi connectivity index (χ1) is 11.8. The zero-order valence-corrected chi connectivity index (χ0v) is 13.2. The maximum Gasteiger partial charge on any atom is 0.534 e. The van der Waals surface area contributed by atoms with Crippen LogP contribution in [0.3, 0.4) is 0 Å². The summed E-state index contributed by atoms with van der Waals surface area (Å²) < 4.78 is 67.6. The van der Waals surface area contributed by atoms with Crippen LogP contribution in [-0.4, -0.2) is 23.3 Å². The van der Waals surface area contributed by atoms with Gasteiger partial charge in [-0.05, 0) is 24.3 Å². The fraction of sp³-hybridized carbons (Fsp3) is 0.0625. The molecule has 3 heterocycles. The third kappa shape index (κ3) is 2.39. The molecule has 0 unspecified atom stereocenters. The molecule has 0 amide bonds. The first-order valence-electron chi connectivity index (χ1n) is 7.07. The molecular formula is C16H9F3N2O3S. The molecule has 0 fully saturated rings. The Kier molecular flexibility index (Phi) is 3.20. The average molecular weight is 366 g/mol. The molecular weight excluding hydrogens is 357 g/mol. The van der Waals surface area contributed by atoms with Crippen molar-refractivity contribution in [3.8, 4) is 5.75 Å². The zero-order chi connectivity index (χ0) is 17.8. The largest absolute Gasteiger partial charge is 0.534 e. The molecule has 0 bridgehead atoms. The van der Waals surface area contributed by atoms with Crippen LogP contribution in [0, 0.1) is 0 Å². The van der Waals surface area contributed by atoms with E-state index in [2.05, 4.69) is 9.17 Å². The van der Waals surface area contributed by atoms with Gasteiger partial charge in [-0.2, -0.15) is 21.6 Å². The minimum atomic E-state index is -5.81. The lowest BCUT2D eigenvalue weighted by molar-refractivity contribution is -0.0499. The normalized spacial score (nSPS) is 12.9. The Labute approximate surface area is 139 Å². The Bertz CT molecular complexity index is 1230. The average Bonchev–Trinajstić information content (AvgIpc) is 2.92. The molecule has 0 aliphatic heterocycles. The Morgan fingerprint density at radius 3 is 2.48 bits per heavy atom. The van der Waals surface area contributed by atoms with E-state index in [1.807, 2.05) is 0 Å². The maximum absolute atomic E-state index is 12.8. The summed E-state index contributed by atoms with van der Waals surface area (Å²) in [5.41, 5.74) is -4.22. The lowest BCUT2D eigenvalue weighted by Gasteiger charge is -2.12. The van der Waals surface area contributed by atoms with Crippen LogP contribution in [-0.2, 0) is 10.1 Å². The van der Waals surface area contributed by atoms with E-state index in [9.17, 15) is 21.6 Å². The van der Waals surface area contributed by atoms with Gasteiger partial charge in [0.1, 0.15) is 5.52 Å². The summed E-state index contributed by atoms with van der Waals surface area (Å²) in [6.45, 7) is 0. The third-order valence-electron chi connectivity index (χ3n) is 3.76. The number of hydrogen-bond acceptors (Lipinski definition) is 4. The minimum absolute atomic E-state index is 0.178. The Hall–Kier alpha value is -2.81. The van der Waals surface area contributed by atoms with Crippen LogP contribution in [0.4, 0.5) is 13.2 Å². The molecule has 0 spiro atoms. The van der Waals surface area contributed by atoms with Crippen molar-refractivity contribution >= 4 is 37.4 Å². The van der Waals surface area contributed by atoms with Gasteiger partial charge in [0.25, 0.3) is 0 Å². The number of aromatic nitrogens is 2. The monoisotopic (exact) mass is 366 g/mol. The molecule has 3 aromatic heterocycles. The SMILES string of the molecule is O=S(=O)(Oc1c2ccccc2nc2c1cn1ccccc21)C(F)(F)F. The van der Waals surface area contributed by atoms with Crippen LogP contribution in [0.2, 0.25) is 0 Å². The molecule has 1 aromatic carbocycles. The molecule has 9 heteroatoms. The van der Waals surface area contributed by atoms with Crippen molar-refractivity contribution in [2.24, 2.45) is 0 Å². The molecule has 128 valence electrons. The Morgan fingerprint density at radius 1 is 1.00 bits per heavy atom. The van der Waals surface area contributed by atoms with Gasteiger partial charge in [0.05, 0.1) is 16.4 Å². The van der Waals surface area contributed by atoms with Gasteiger partial charge in [0.2, 0.25) is 0 Å². The molecule has 0 atom stereocenters. The molecule has 0 aliphatic carbocycles. The van der Waals surface area contributed by atoms with E-state index >= 15 is 0 Å². The second kappa shape index (κ2) is 5.09. The summed E-state index contributed by atoms with van der Waals surface area (Å²) in [5, 5.41) is 0.358. The third-order valence-corrected chi connectivity index (χ3v) is 4.71. The van der Waals surface area contributed by atoms with Crippen molar-refractivity contribution in [1.29, 1.82) is 0 Å². The predicted molar refractivity (Wildman–Crippen MR) is 85.8 cm³/mol. The standard InChI is InChI=1S/C16H9F3N2O3S/c17-16(18,19)25(22,23)24-15-10-5-1-2-6-12(10)20-14-11(15)9-21-8-4-3-7-13(14)21/h1-9H. The van der Waals surface area contributed by atoms with Crippen molar-refractivity contribution in [2.45, 2.75) is 5.51 Å². The van der Waals surface area contributed by atoms with Crippen LogP contribution >= 0.6 is 0 Å². The van der Waals surface area contributed by atoms with Crippen LogP contribution < -0.4 is 4.18 Å². The van der Waals surface area contributed by atoms with E-state index in [0.717, 1.165) is 0 Å². The van der Waals surface area contributed by atoms with Gasteiger partial charge in [-0.1, -0.05) is 18.2 Å². The first-order valence-corrected chi connectivity index (χ1v) is 8.48. The van der Waals surface area contributed by atoms with Crippen LogP contribution in [0.1, 0.15) is 0 Å². The highest BCUT2D eigenvalue weighted by molar-refractivity contribution is 7.88. The van der Waals surface area contributed by atoms with Crippen molar-refractivity contribution in [3.05, 3.63) is 54.9 Å². The molecule has 25 heavy (non-hydrogen) atoms. The van der Waals surface area contributed by atoms with Gasteiger partial charge in [0, 0.05) is 17.8 Å². The van der Waals surface area contributed by atoms with Crippen molar-refractivity contribution in [2.75, 3.05) is 0 Å². The van der Waals surface area contributed by atoms with Gasteiger partial charge in [-0.15, -0.1) is 0 Å². The van der Waals surface area contributed by atoms with E-state index in [0.29, 0.717) is 16.6 Å². The molecule has 4 rings (SSSR count). The molecule has 4 aromatic rings. The smallest absolute Gasteiger partial charge is 0.375 e. The van der Waals surface area contributed by atoms with Gasteiger partial charge >= 0.3 is 15.6 Å². The number of halogens is 3. The van der Waals surface area contributed by atoms with E-state index in [1.54, 1.807) is 47.0 Å². The highest BCUT2D eigenvalue weighted by atomic mass is 32.2. The molecule has 0 aliphatic rings. The van der Waals surface area contributed by atoms with E-state index < -0.39 is 15.6 Å². The van der Waals surface area contributed by atoms with Crippen LogP contribution in [0.15, 0.2) is 54.9 Å². The molecule has 0 N–H and O–H groups in total. The van der Waals surface area contributed by atoms with E-state index in [-0.39, 0.29) is 16.5 Å². The van der Waals surface area contributed by atoms with Crippen LogP contribution in [0.5, 0.6) is 5.75 Å². The second-order valence-electron chi connectivity index (χ2n) is 5.33. The van der Waals surface area contributed by atoms with Gasteiger partial charge < -0.3 is 8.58 Å². The van der Waals surface area contributed by atoms with Crippen molar-refractivity contribution in [1.82, 2.24) is 9.38 Å². The lowest BCUT2D eigenvalue weighted by atomic mass is 10.1. The van der Waals surface area contributed by atoms with Crippen molar-refractivity contribution < 1.29 is 25.8 Å². The zero-order valence-electron chi connectivity index (χ0n) is 12.4. The lowest BCUT2D eigenvalue weighted by Crippen LogP contribution is -2.28. The summed E-state index contributed by atoms with van der Waals surface area (Å²) in [6, 6.07) is 11.5. The summed E-state index contributed by atoms with van der Waals surface area (Å²) in [4.78, 5) is 4.44. The van der Waals surface area contributed by atoms with Gasteiger partial charge in [-0.3, -0.25) is 0 Å². The van der Waals surface area contributed by atoms with Crippen LogP contribution in [0.25, 0.3) is 27.3 Å². The highest BCUT2D eigenvalue weighted by Crippen LogP contribution is 2.38. The number of pyridine rings is 2. The Balaban J connectivity index is 2.12. The number of rotatable bonds is 2. The summed E-state index contributed by atoms with van der Waals surface area (Å²) in [6.07, 6.45) is 3.18. The predicted octanol–water partition coefficient (Wildman–Crippen LogP) is 3.87. The summed E-state index contributed by atoms with van der Waals surface area (Å²) >= 11 is 0. The summed E-state index contributed by atoms with van der Waals surface area (Å²) in [5.74, 6) is -0.387. The number of nitrogens with zero attached hydrogens (tertiary/aromatic N) is 2. The Morgan fingerprint density at radius 2 is 1.72 bits per heavy atom. The maximum atomic E-state index is 12.8. The molecule has 0 saturated heterocycles. The van der Waals surface area contributed by atoms with E-state index in [1.165, 1.54) is 12.3 Å². The fourth-order valence-electron chi connectivity index (χ4n) is 2.67. The minimum Gasteiger partial charge on any atom is -0.375 e. The van der Waals surface area contributed by atoms with Gasteiger partial charge in [0.15, 0.2) is 5.75 Å². The molecule has 5 nitrogen and oxygen atoms in total. The quantitative estimate of drug-likeness (QED) is 0.399. The number of benzene rings is 1. The first kappa shape index (κ1) is 15.7. The number of hydrogen-bond donors (Lipinski definition) is 0. The second-order valence-corrected chi connectivity index (χ2v) is 6.86. The number of fused-ring (bicyclic) bond motifs is 4.